The Balaban J connectivity index is 1.78. The van der Waals surface area contributed by atoms with Crippen molar-refractivity contribution in [2.24, 2.45) is 0 Å². The van der Waals surface area contributed by atoms with Gasteiger partial charge in [-0.25, -0.2) is 8.42 Å². The summed E-state index contributed by atoms with van der Waals surface area (Å²) in [4.78, 5) is 12.5. The highest BCUT2D eigenvalue weighted by atomic mass is 79.9. The Morgan fingerprint density at radius 3 is 2.07 bits per heavy atom. The molecule has 5 nitrogen and oxygen atoms in total. The summed E-state index contributed by atoms with van der Waals surface area (Å²) >= 11 is 3.34. The molecule has 0 atom stereocenters. The van der Waals surface area contributed by atoms with Crippen LogP contribution in [0.1, 0.15) is 10.4 Å². The molecule has 7 heteroatoms. The first-order valence-corrected chi connectivity index (χ1v) is 10.3. The summed E-state index contributed by atoms with van der Waals surface area (Å²) in [6.07, 6.45) is 0. The number of carbonyl (C=O) groups is 1. The fourth-order valence-electron chi connectivity index (χ4n) is 2.45. The molecule has 0 aliphatic heterocycles. The molecule has 0 heterocycles. The molecule has 0 aliphatic rings. The van der Waals surface area contributed by atoms with E-state index in [-0.39, 0.29) is 10.8 Å². The van der Waals surface area contributed by atoms with E-state index in [0.717, 1.165) is 4.47 Å². The highest BCUT2D eigenvalue weighted by Gasteiger charge is 2.21. The largest absolute Gasteiger partial charge is 0.322 e. The van der Waals surface area contributed by atoms with Gasteiger partial charge in [-0.2, -0.15) is 0 Å². The fraction of sp³-hybridized carbons (Fsp3) is 0.0500. The zero-order valence-corrected chi connectivity index (χ0v) is 16.9. The van der Waals surface area contributed by atoms with Gasteiger partial charge in [0.1, 0.15) is 0 Å². The molecule has 1 amide bonds. The second kappa shape index (κ2) is 7.94. The molecule has 3 rings (SSSR count). The van der Waals surface area contributed by atoms with Crippen molar-refractivity contribution in [2.75, 3.05) is 16.7 Å². The van der Waals surface area contributed by atoms with Gasteiger partial charge in [0.2, 0.25) is 0 Å². The Kier molecular flexibility index (Phi) is 5.62. The molecule has 0 saturated heterocycles. The molecule has 27 heavy (non-hydrogen) atoms. The van der Waals surface area contributed by atoms with E-state index in [9.17, 15) is 13.2 Å². The first-order chi connectivity index (χ1) is 12.9. The Morgan fingerprint density at radius 2 is 1.48 bits per heavy atom. The number of anilines is 2. The van der Waals surface area contributed by atoms with Crippen LogP contribution in [0.25, 0.3) is 0 Å². The lowest BCUT2D eigenvalue weighted by molar-refractivity contribution is 0.102. The number of halogens is 1. The SMILES string of the molecule is CN(c1ccccc1)S(=O)(=O)c1ccc(C(=O)Nc2ccc(Br)cc2)cc1. The average molecular weight is 445 g/mol. The van der Waals surface area contributed by atoms with Crippen molar-refractivity contribution < 1.29 is 13.2 Å². The maximum Gasteiger partial charge on any atom is 0.264 e. The van der Waals surface area contributed by atoms with Crippen molar-refractivity contribution in [3.63, 3.8) is 0 Å². The van der Waals surface area contributed by atoms with Crippen molar-refractivity contribution in [1.82, 2.24) is 0 Å². The smallest absolute Gasteiger partial charge is 0.264 e. The lowest BCUT2D eigenvalue weighted by Crippen LogP contribution is -2.26. The third kappa shape index (κ3) is 4.37. The predicted molar refractivity (Wildman–Crippen MR) is 111 cm³/mol. The van der Waals surface area contributed by atoms with E-state index in [1.807, 2.05) is 18.2 Å². The van der Waals surface area contributed by atoms with Crippen LogP contribution in [0.4, 0.5) is 11.4 Å². The van der Waals surface area contributed by atoms with Gasteiger partial charge < -0.3 is 5.32 Å². The van der Waals surface area contributed by atoms with Gasteiger partial charge in [-0.05, 0) is 60.7 Å². The van der Waals surface area contributed by atoms with Crippen LogP contribution in [0.3, 0.4) is 0 Å². The minimum Gasteiger partial charge on any atom is -0.322 e. The van der Waals surface area contributed by atoms with Crippen LogP contribution in [0, 0.1) is 0 Å². The zero-order valence-electron chi connectivity index (χ0n) is 14.5. The van der Waals surface area contributed by atoms with Gasteiger partial charge >= 0.3 is 0 Å². The number of benzene rings is 3. The number of amides is 1. The van der Waals surface area contributed by atoms with Crippen molar-refractivity contribution in [1.29, 1.82) is 0 Å². The molecular formula is C20H17BrN2O3S. The molecule has 3 aromatic carbocycles. The minimum atomic E-state index is -3.70. The average Bonchev–Trinajstić information content (AvgIpc) is 2.70. The minimum absolute atomic E-state index is 0.119. The van der Waals surface area contributed by atoms with E-state index in [1.54, 1.807) is 36.4 Å². The van der Waals surface area contributed by atoms with Crippen LogP contribution in [0.5, 0.6) is 0 Å². The summed E-state index contributed by atoms with van der Waals surface area (Å²) in [7, 11) is -2.20. The molecule has 0 saturated carbocycles. The number of hydrogen-bond donors (Lipinski definition) is 1. The van der Waals surface area contributed by atoms with Crippen LogP contribution in [-0.4, -0.2) is 21.4 Å². The van der Waals surface area contributed by atoms with E-state index in [2.05, 4.69) is 21.2 Å². The summed E-state index contributed by atoms with van der Waals surface area (Å²) in [5.41, 5.74) is 1.59. The molecular weight excluding hydrogens is 428 g/mol. The normalized spacial score (nSPS) is 11.0. The van der Waals surface area contributed by atoms with Gasteiger partial charge in [0.15, 0.2) is 0 Å². The number of sulfonamides is 1. The molecule has 1 N–H and O–H groups in total. The van der Waals surface area contributed by atoms with E-state index < -0.39 is 10.0 Å². The quantitative estimate of drug-likeness (QED) is 0.628. The van der Waals surface area contributed by atoms with Crippen LogP contribution in [-0.2, 0) is 10.0 Å². The molecule has 0 aromatic heterocycles. The fourth-order valence-corrected chi connectivity index (χ4v) is 3.91. The first kappa shape index (κ1) is 19.1. The van der Waals surface area contributed by atoms with E-state index >= 15 is 0 Å². The number of nitrogens with zero attached hydrogens (tertiary/aromatic N) is 1. The second-order valence-electron chi connectivity index (χ2n) is 5.79. The van der Waals surface area contributed by atoms with Gasteiger partial charge in [0.25, 0.3) is 15.9 Å². The third-order valence-corrected chi connectivity index (χ3v) is 6.33. The number of hydrogen-bond acceptors (Lipinski definition) is 3. The standard InChI is InChI=1S/C20H17BrN2O3S/c1-23(18-5-3-2-4-6-18)27(25,26)19-13-7-15(8-14-19)20(24)22-17-11-9-16(21)10-12-17/h2-14H,1H3,(H,22,24). The van der Waals surface area contributed by atoms with Gasteiger partial charge in [-0.15, -0.1) is 0 Å². The topological polar surface area (TPSA) is 66.5 Å². The van der Waals surface area contributed by atoms with Crippen LogP contribution in [0.2, 0.25) is 0 Å². The van der Waals surface area contributed by atoms with E-state index in [1.165, 1.54) is 35.6 Å². The van der Waals surface area contributed by atoms with Crippen LogP contribution in [0.15, 0.2) is 88.2 Å². The number of rotatable bonds is 5. The summed E-state index contributed by atoms with van der Waals surface area (Å²) < 4.78 is 27.6. The molecule has 0 radical (unpaired) electrons. The Labute approximate surface area is 166 Å². The molecule has 0 fully saturated rings. The van der Waals surface area contributed by atoms with Crippen molar-refractivity contribution in [2.45, 2.75) is 4.90 Å². The van der Waals surface area contributed by atoms with Crippen LogP contribution >= 0.6 is 15.9 Å². The Morgan fingerprint density at radius 1 is 0.889 bits per heavy atom. The molecule has 0 spiro atoms. The summed E-state index contributed by atoms with van der Waals surface area (Å²) in [5.74, 6) is -0.308. The van der Waals surface area contributed by atoms with Crippen LogP contribution < -0.4 is 9.62 Å². The zero-order chi connectivity index (χ0) is 19.4. The maximum absolute atomic E-state index is 12.8. The molecule has 0 unspecified atom stereocenters. The van der Waals surface area contributed by atoms with Crippen molar-refractivity contribution >= 4 is 43.2 Å². The second-order valence-corrected chi connectivity index (χ2v) is 8.68. The number of para-hydroxylation sites is 1. The molecule has 138 valence electrons. The summed E-state index contributed by atoms with van der Waals surface area (Å²) in [6.45, 7) is 0. The molecule has 0 aliphatic carbocycles. The number of nitrogens with one attached hydrogen (secondary N) is 1. The van der Waals surface area contributed by atoms with Crippen molar-refractivity contribution in [3.8, 4) is 0 Å². The Bertz CT molecular complexity index is 1030. The maximum atomic E-state index is 12.8. The lowest BCUT2D eigenvalue weighted by Gasteiger charge is -2.19. The van der Waals surface area contributed by atoms with Crippen molar-refractivity contribution in [3.05, 3.63) is 88.9 Å². The Hall–Kier alpha value is -2.64. The first-order valence-electron chi connectivity index (χ1n) is 8.09. The molecule has 3 aromatic rings. The highest BCUT2D eigenvalue weighted by molar-refractivity contribution is 9.10. The van der Waals surface area contributed by atoms with Gasteiger partial charge in [-0.3, -0.25) is 9.10 Å². The van der Waals surface area contributed by atoms with E-state index in [0.29, 0.717) is 16.9 Å². The summed E-state index contributed by atoms with van der Waals surface area (Å²) in [5, 5.41) is 2.77. The predicted octanol–water partition coefficient (Wildman–Crippen LogP) is 4.53. The lowest BCUT2D eigenvalue weighted by atomic mass is 10.2. The third-order valence-electron chi connectivity index (χ3n) is 4.00. The summed E-state index contributed by atoms with van der Waals surface area (Å²) in [6, 6.07) is 21.9. The van der Waals surface area contributed by atoms with E-state index in [4.69, 9.17) is 0 Å². The molecule has 0 bridgehead atoms. The highest BCUT2D eigenvalue weighted by Crippen LogP contribution is 2.22. The van der Waals surface area contributed by atoms with Gasteiger partial charge in [-0.1, -0.05) is 34.1 Å². The monoisotopic (exact) mass is 444 g/mol. The van der Waals surface area contributed by atoms with Gasteiger partial charge in [0, 0.05) is 22.8 Å². The van der Waals surface area contributed by atoms with Gasteiger partial charge in [0.05, 0.1) is 10.6 Å². The number of carbonyl (C=O) groups excluding carboxylic acids is 1.